The van der Waals surface area contributed by atoms with E-state index in [0.29, 0.717) is 0 Å². The fourth-order valence-electron chi connectivity index (χ4n) is 5.52. The standard InChI is InChI=1S/C37H51N2/c1-7-12-14-16-22-34-27-35(28-37(36(34)10-4)32-20-17-15-18-21-32)38-39(11-5)24-23-30-25-31(9-3)29(6)33(26-30)19-13-8-2/h15,17-18,20-21,23-28H,7-14,16,19,22H2,1-6H3/q+1. The number of hydrogen-bond donors (Lipinski definition) is 0. The van der Waals surface area contributed by atoms with E-state index in [2.05, 4.69) is 113 Å². The number of rotatable bonds is 15. The summed E-state index contributed by atoms with van der Waals surface area (Å²) in [5, 5.41) is 5.14. The van der Waals surface area contributed by atoms with Crippen molar-refractivity contribution in [3.63, 3.8) is 0 Å². The third-order valence-corrected chi connectivity index (χ3v) is 7.90. The number of unbranched alkanes of at least 4 members (excludes halogenated alkanes) is 4. The van der Waals surface area contributed by atoms with Crippen LogP contribution in [0.4, 0.5) is 5.69 Å². The highest BCUT2D eigenvalue weighted by molar-refractivity contribution is 5.72. The van der Waals surface area contributed by atoms with Gasteiger partial charge >= 0.3 is 0 Å². The topological polar surface area (TPSA) is 15.4 Å². The first kappa shape index (κ1) is 30.5. The van der Waals surface area contributed by atoms with Gasteiger partial charge in [0.2, 0.25) is 0 Å². The summed E-state index contributed by atoms with van der Waals surface area (Å²) in [5.41, 5.74) is 12.3. The van der Waals surface area contributed by atoms with Crippen molar-refractivity contribution in [2.75, 3.05) is 6.54 Å². The summed E-state index contributed by atoms with van der Waals surface area (Å²) in [6.45, 7) is 14.4. The van der Waals surface area contributed by atoms with Crippen molar-refractivity contribution in [3.8, 4) is 11.1 Å². The number of azo groups is 2. The molecular weight excluding hydrogens is 472 g/mol. The van der Waals surface area contributed by atoms with Crippen LogP contribution in [-0.4, -0.2) is 11.2 Å². The molecule has 3 aromatic carbocycles. The highest BCUT2D eigenvalue weighted by atomic mass is 15.2. The van der Waals surface area contributed by atoms with Crippen LogP contribution >= 0.6 is 0 Å². The molecule has 0 spiro atoms. The molecule has 2 heteroatoms. The van der Waals surface area contributed by atoms with Gasteiger partial charge < -0.3 is 0 Å². The van der Waals surface area contributed by atoms with E-state index in [0.717, 1.165) is 37.9 Å². The van der Waals surface area contributed by atoms with Crippen LogP contribution in [0.15, 0.2) is 65.9 Å². The Morgan fingerprint density at radius 1 is 0.718 bits per heavy atom. The molecule has 0 heterocycles. The van der Waals surface area contributed by atoms with Crippen molar-refractivity contribution in [2.45, 2.75) is 106 Å². The molecule has 0 aliphatic carbocycles. The number of nitrogens with zero attached hydrogens (tertiary/aromatic N) is 2. The maximum Gasteiger partial charge on any atom is 0.196 e. The lowest BCUT2D eigenvalue weighted by Crippen LogP contribution is -2.01. The van der Waals surface area contributed by atoms with E-state index in [1.807, 2.05) is 0 Å². The van der Waals surface area contributed by atoms with Crippen molar-refractivity contribution in [1.29, 1.82) is 0 Å². The van der Waals surface area contributed by atoms with Gasteiger partial charge in [0, 0.05) is 6.08 Å². The highest BCUT2D eigenvalue weighted by Gasteiger charge is 2.14. The molecule has 0 aliphatic heterocycles. The molecule has 0 radical (unpaired) electrons. The summed E-state index contributed by atoms with van der Waals surface area (Å²) in [6, 6.07) is 20.2. The summed E-state index contributed by atoms with van der Waals surface area (Å²) >= 11 is 0. The lowest BCUT2D eigenvalue weighted by Gasteiger charge is -2.15. The first-order valence-electron chi connectivity index (χ1n) is 15.5. The van der Waals surface area contributed by atoms with E-state index in [1.165, 1.54) is 83.0 Å². The quantitative estimate of drug-likeness (QED) is 0.107. The maximum absolute atomic E-state index is 5.14. The van der Waals surface area contributed by atoms with E-state index >= 15 is 0 Å². The Kier molecular flexibility index (Phi) is 12.7. The molecule has 0 fully saturated rings. The molecular formula is C37H51N2+. The average Bonchev–Trinajstić information content (AvgIpc) is 2.97. The lowest BCUT2D eigenvalue weighted by molar-refractivity contribution is -0.519. The molecule has 0 aromatic heterocycles. The first-order chi connectivity index (χ1) is 19.0. The molecule has 0 atom stereocenters. The minimum absolute atomic E-state index is 0.827. The number of aryl methyl sites for hydroxylation is 3. The van der Waals surface area contributed by atoms with Crippen molar-refractivity contribution < 1.29 is 4.70 Å². The first-order valence-corrected chi connectivity index (χ1v) is 15.5. The van der Waals surface area contributed by atoms with Crippen molar-refractivity contribution in [3.05, 3.63) is 94.2 Å². The molecule has 0 unspecified atom stereocenters. The monoisotopic (exact) mass is 523 g/mol. The van der Waals surface area contributed by atoms with Crippen molar-refractivity contribution >= 4 is 11.8 Å². The Labute approximate surface area is 238 Å². The molecule has 0 aliphatic rings. The van der Waals surface area contributed by atoms with Gasteiger partial charge in [-0.1, -0.05) is 101 Å². The zero-order valence-electron chi connectivity index (χ0n) is 25.5. The summed E-state index contributed by atoms with van der Waals surface area (Å²) in [4.78, 5) is 0. The summed E-state index contributed by atoms with van der Waals surface area (Å²) in [7, 11) is 0. The molecule has 39 heavy (non-hydrogen) atoms. The normalized spacial score (nSPS) is 12.0. The van der Waals surface area contributed by atoms with Gasteiger partial charge in [0.1, 0.15) is 5.69 Å². The van der Waals surface area contributed by atoms with Gasteiger partial charge in [-0.2, -0.15) is 0 Å². The third kappa shape index (κ3) is 8.75. The molecule has 3 aromatic rings. The predicted molar refractivity (Wildman–Crippen MR) is 170 cm³/mol. The highest BCUT2D eigenvalue weighted by Crippen LogP contribution is 2.33. The summed E-state index contributed by atoms with van der Waals surface area (Å²) < 4.78 is 2.09. The van der Waals surface area contributed by atoms with Gasteiger partial charge in [0.05, 0.1) is 0 Å². The molecule has 0 amide bonds. The van der Waals surface area contributed by atoms with Gasteiger partial charge in [-0.25, -0.2) is 0 Å². The van der Waals surface area contributed by atoms with Crippen LogP contribution in [0.1, 0.15) is 107 Å². The fraction of sp³-hybridized carbons (Fsp3) is 0.459. The second-order valence-corrected chi connectivity index (χ2v) is 10.8. The Balaban J connectivity index is 2.00. The summed E-state index contributed by atoms with van der Waals surface area (Å²) in [5.74, 6) is 0. The zero-order valence-corrected chi connectivity index (χ0v) is 25.5. The molecule has 0 N–H and O–H groups in total. The SMILES string of the molecule is CCCCCCc1cc(N=[N+](C=Cc2cc(CC)c(C)c(CCCC)c2)CC)cc(-c2ccccc2)c1CC. The van der Waals surface area contributed by atoms with Gasteiger partial charge in [-0.3, -0.25) is 0 Å². The van der Waals surface area contributed by atoms with Crippen molar-refractivity contribution in [1.82, 2.24) is 0 Å². The maximum atomic E-state index is 5.14. The summed E-state index contributed by atoms with van der Waals surface area (Å²) in [6.07, 6.45) is 16.4. The van der Waals surface area contributed by atoms with Crippen molar-refractivity contribution in [2.24, 2.45) is 5.11 Å². The minimum Gasteiger partial charge on any atom is -0.0910 e. The molecule has 0 saturated heterocycles. The zero-order chi connectivity index (χ0) is 28.0. The Bertz CT molecular complexity index is 1230. The second-order valence-electron chi connectivity index (χ2n) is 10.8. The third-order valence-electron chi connectivity index (χ3n) is 7.90. The lowest BCUT2D eigenvalue weighted by atomic mass is 9.90. The van der Waals surface area contributed by atoms with Gasteiger partial charge in [0.25, 0.3) is 0 Å². The van der Waals surface area contributed by atoms with E-state index in [4.69, 9.17) is 5.11 Å². The molecule has 2 nitrogen and oxygen atoms in total. The fourth-order valence-corrected chi connectivity index (χ4v) is 5.52. The van der Waals surface area contributed by atoms with Gasteiger partial charge in [-0.15, -0.1) is 0 Å². The van der Waals surface area contributed by atoms with E-state index in [1.54, 1.807) is 0 Å². The Morgan fingerprint density at radius 2 is 1.44 bits per heavy atom. The smallest absolute Gasteiger partial charge is 0.0910 e. The minimum atomic E-state index is 0.827. The Hall–Kier alpha value is -3.00. The molecule has 3 rings (SSSR count). The van der Waals surface area contributed by atoms with E-state index < -0.39 is 0 Å². The van der Waals surface area contributed by atoms with Crippen LogP contribution in [-0.2, 0) is 25.7 Å². The van der Waals surface area contributed by atoms with Gasteiger partial charge in [-0.05, 0) is 114 Å². The molecule has 0 saturated carbocycles. The van der Waals surface area contributed by atoms with Crippen LogP contribution in [0.2, 0.25) is 0 Å². The van der Waals surface area contributed by atoms with Crippen LogP contribution in [0.3, 0.4) is 0 Å². The average molecular weight is 524 g/mol. The second kappa shape index (κ2) is 16.2. The largest absolute Gasteiger partial charge is 0.196 e. The van der Waals surface area contributed by atoms with E-state index in [-0.39, 0.29) is 0 Å². The molecule has 0 bridgehead atoms. The van der Waals surface area contributed by atoms with Crippen LogP contribution in [0.5, 0.6) is 0 Å². The van der Waals surface area contributed by atoms with Crippen LogP contribution < -0.4 is 0 Å². The number of hydrogen-bond acceptors (Lipinski definition) is 1. The van der Waals surface area contributed by atoms with Crippen LogP contribution in [0.25, 0.3) is 17.2 Å². The molecule has 208 valence electrons. The van der Waals surface area contributed by atoms with E-state index in [9.17, 15) is 0 Å². The number of benzene rings is 3. The Morgan fingerprint density at radius 3 is 2.10 bits per heavy atom. The van der Waals surface area contributed by atoms with Crippen LogP contribution in [0, 0.1) is 6.92 Å². The van der Waals surface area contributed by atoms with Gasteiger partial charge in [0.15, 0.2) is 12.7 Å². The predicted octanol–water partition coefficient (Wildman–Crippen LogP) is 11.0.